The van der Waals surface area contributed by atoms with Gasteiger partial charge >= 0.3 is 0 Å². The third-order valence-electron chi connectivity index (χ3n) is 2.08. The lowest BCUT2D eigenvalue weighted by molar-refractivity contribution is 0.631. The van der Waals surface area contributed by atoms with E-state index in [0.717, 1.165) is 9.13 Å². The Hall–Kier alpha value is -0.610. The van der Waals surface area contributed by atoms with Gasteiger partial charge in [-0.3, -0.25) is 0 Å². The van der Waals surface area contributed by atoms with Crippen molar-refractivity contribution in [1.82, 2.24) is 0 Å². The molecule has 0 aliphatic rings. The summed E-state index contributed by atoms with van der Waals surface area (Å²) in [5.41, 5.74) is 1.28. The van der Waals surface area contributed by atoms with Gasteiger partial charge in [0.1, 0.15) is 5.82 Å². The molecular weight excluding hydrogens is 325 g/mol. The summed E-state index contributed by atoms with van der Waals surface area (Å²) in [7, 11) is 0. The molecule has 0 saturated carbocycles. The highest BCUT2D eigenvalue weighted by molar-refractivity contribution is 14.1. The SMILES string of the molecule is Fc1cccc(Cl)c1-c1cccc(I)c1. The third kappa shape index (κ3) is 2.32. The average Bonchev–Trinajstić information content (AvgIpc) is 2.17. The van der Waals surface area contributed by atoms with Crippen LogP contribution in [0.5, 0.6) is 0 Å². The average molecular weight is 333 g/mol. The van der Waals surface area contributed by atoms with Crippen molar-refractivity contribution >= 4 is 34.2 Å². The van der Waals surface area contributed by atoms with E-state index in [1.807, 2.05) is 24.3 Å². The summed E-state index contributed by atoms with van der Waals surface area (Å²) in [5.74, 6) is -0.287. The fourth-order valence-electron chi connectivity index (χ4n) is 1.42. The Balaban J connectivity index is 2.63. The first-order valence-corrected chi connectivity index (χ1v) is 5.84. The minimum absolute atomic E-state index is 0.287. The smallest absolute Gasteiger partial charge is 0.132 e. The van der Waals surface area contributed by atoms with Crippen LogP contribution in [0.4, 0.5) is 4.39 Å². The van der Waals surface area contributed by atoms with Crippen molar-refractivity contribution in [2.24, 2.45) is 0 Å². The van der Waals surface area contributed by atoms with Crippen LogP contribution in [-0.4, -0.2) is 0 Å². The van der Waals surface area contributed by atoms with Gasteiger partial charge in [-0.1, -0.05) is 29.8 Å². The van der Waals surface area contributed by atoms with Gasteiger partial charge in [-0.2, -0.15) is 0 Å². The second-order valence-electron chi connectivity index (χ2n) is 3.11. The van der Waals surface area contributed by atoms with Crippen molar-refractivity contribution < 1.29 is 4.39 Å². The van der Waals surface area contributed by atoms with E-state index in [0.29, 0.717) is 10.6 Å². The lowest BCUT2D eigenvalue weighted by Gasteiger charge is -2.06. The van der Waals surface area contributed by atoms with Crippen LogP contribution in [0.1, 0.15) is 0 Å². The van der Waals surface area contributed by atoms with Crippen molar-refractivity contribution in [3.05, 3.63) is 56.9 Å². The Morgan fingerprint density at radius 1 is 1.07 bits per heavy atom. The van der Waals surface area contributed by atoms with Gasteiger partial charge in [0, 0.05) is 9.13 Å². The molecule has 0 atom stereocenters. The van der Waals surface area contributed by atoms with Gasteiger partial charge < -0.3 is 0 Å². The fourth-order valence-corrected chi connectivity index (χ4v) is 2.23. The van der Waals surface area contributed by atoms with E-state index < -0.39 is 0 Å². The number of hydrogen-bond acceptors (Lipinski definition) is 0. The topological polar surface area (TPSA) is 0 Å². The Kier molecular flexibility index (Phi) is 3.26. The zero-order valence-corrected chi connectivity index (χ0v) is 10.6. The molecule has 0 fully saturated rings. The summed E-state index contributed by atoms with van der Waals surface area (Å²) < 4.78 is 14.6. The Morgan fingerprint density at radius 2 is 1.80 bits per heavy atom. The number of halogens is 3. The zero-order chi connectivity index (χ0) is 10.8. The summed E-state index contributed by atoms with van der Waals surface area (Å²) in [5, 5.41) is 0.442. The van der Waals surface area contributed by atoms with E-state index in [1.165, 1.54) is 6.07 Å². The standard InChI is InChI=1S/C12H7ClFI/c13-10-5-2-6-11(14)12(10)8-3-1-4-9(15)7-8/h1-7H. The predicted octanol–water partition coefficient (Wildman–Crippen LogP) is 4.75. The molecule has 0 N–H and O–H groups in total. The van der Waals surface area contributed by atoms with E-state index >= 15 is 0 Å². The van der Waals surface area contributed by atoms with E-state index in [-0.39, 0.29) is 5.82 Å². The van der Waals surface area contributed by atoms with Crippen LogP contribution in [0, 0.1) is 9.39 Å². The lowest BCUT2D eigenvalue weighted by Crippen LogP contribution is -1.86. The first-order valence-electron chi connectivity index (χ1n) is 4.38. The maximum absolute atomic E-state index is 13.6. The van der Waals surface area contributed by atoms with Gasteiger partial charge in [-0.25, -0.2) is 4.39 Å². The highest BCUT2D eigenvalue weighted by atomic mass is 127. The van der Waals surface area contributed by atoms with E-state index in [9.17, 15) is 4.39 Å². The summed E-state index contributed by atoms with van der Waals surface area (Å²) in [6, 6.07) is 12.3. The molecule has 3 heteroatoms. The van der Waals surface area contributed by atoms with E-state index in [1.54, 1.807) is 12.1 Å². The van der Waals surface area contributed by atoms with Crippen LogP contribution in [0.15, 0.2) is 42.5 Å². The Labute approximate surface area is 106 Å². The minimum atomic E-state index is -0.287. The molecule has 2 rings (SSSR count). The van der Waals surface area contributed by atoms with Crippen LogP contribution < -0.4 is 0 Å². The summed E-state index contributed by atoms with van der Waals surface area (Å²) in [6.45, 7) is 0. The first-order chi connectivity index (χ1) is 7.18. The molecule has 2 aromatic carbocycles. The van der Waals surface area contributed by atoms with Crippen LogP contribution in [0.3, 0.4) is 0 Å². The van der Waals surface area contributed by atoms with Gasteiger partial charge in [0.2, 0.25) is 0 Å². The zero-order valence-electron chi connectivity index (χ0n) is 7.68. The molecule has 0 amide bonds. The van der Waals surface area contributed by atoms with Crippen molar-refractivity contribution in [2.45, 2.75) is 0 Å². The maximum Gasteiger partial charge on any atom is 0.132 e. The monoisotopic (exact) mass is 332 g/mol. The molecule has 0 spiro atoms. The van der Waals surface area contributed by atoms with Crippen LogP contribution >= 0.6 is 34.2 Å². The molecule has 0 aliphatic carbocycles. The van der Waals surface area contributed by atoms with Crippen molar-refractivity contribution in [2.75, 3.05) is 0 Å². The molecule has 0 nitrogen and oxygen atoms in total. The van der Waals surface area contributed by atoms with Crippen molar-refractivity contribution in [3.8, 4) is 11.1 Å². The molecule has 0 bridgehead atoms. The van der Waals surface area contributed by atoms with Crippen LogP contribution in [0.2, 0.25) is 5.02 Å². The van der Waals surface area contributed by atoms with Crippen LogP contribution in [0.25, 0.3) is 11.1 Å². The number of hydrogen-bond donors (Lipinski definition) is 0. The maximum atomic E-state index is 13.6. The molecule has 76 valence electrons. The normalized spacial score (nSPS) is 10.3. The summed E-state index contributed by atoms with van der Waals surface area (Å²) >= 11 is 8.16. The van der Waals surface area contributed by atoms with Gasteiger partial charge in [-0.15, -0.1) is 0 Å². The predicted molar refractivity (Wildman–Crippen MR) is 69.6 cm³/mol. The Bertz CT molecular complexity index is 476. The minimum Gasteiger partial charge on any atom is -0.206 e. The van der Waals surface area contributed by atoms with Crippen molar-refractivity contribution in [1.29, 1.82) is 0 Å². The third-order valence-corrected chi connectivity index (χ3v) is 3.06. The fraction of sp³-hybridized carbons (Fsp3) is 0. The van der Waals surface area contributed by atoms with Crippen LogP contribution in [-0.2, 0) is 0 Å². The summed E-state index contributed by atoms with van der Waals surface area (Å²) in [6.07, 6.45) is 0. The van der Waals surface area contributed by atoms with E-state index in [2.05, 4.69) is 22.6 Å². The molecule has 0 saturated heterocycles. The lowest BCUT2D eigenvalue weighted by atomic mass is 10.1. The van der Waals surface area contributed by atoms with Gasteiger partial charge in [0.25, 0.3) is 0 Å². The largest absolute Gasteiger partial charge is 0.206 e. The molecule has 0 heterocycles. The van der Waals surface area contributed by atoms with E-state index in [4.69, 9.17) is 11.6 Å². The molecule has 0 radical (unpaired) electrons. The molecule has 2 aromatic rings. The molecule has 0 aromatic heterocycles. The second-order valence-corrected chi connectivity index (χ2v) is 4.76. The quantitative estimate of drug-likeness (QED) is 0.661. The molecular formula is C12H7ClFI. The molecule has 15 heavy (non-hydrogen) atoms. The number of rotatable bonds is 1. The Morgan fingerprint density at radius 3 is 2.47 bits per heavy atom. The highest BCUT2D eigenvalue weighted by Gasteiger charge is 2.08. The highest BCUT2D eigenvalue weighted by Crippen LogP contribution is 2.30. The second kappa shape index (κ2) is 4.49. The van der Waals surface area contributed by atoms with Crippen molar-refractivity contribution in [3.63, 3.8) is 0 Å². The molecule has 0 aliphatic heterocycles. The van der Waals surface area contributed by atoms with Gasteiger partial charge in [0.05, 0.1) is 5.02 Å². The molecule has 0 unspecified atom stereocenters. The first kappa shape index (κ1) is 10.9. The van der Waals surface area contributed by atoms with Gasteiger partial charge in [0.15, 0.2) is 0 Å². The summed E-state index contributed by atoms with van der Waals surface area (Å²) in [4.78, 5) is 0. The van der Waals surface area contributed by atoms with Gasteiger partial charge in [-0.05, 0) is 52.4 Å². The number of benzene rings is 2.